The van der Waals surface area contributed by atoms with E-state index in [-0.39, 0.29) is 36.7 Å². The predicted molar refractivity (Wildman–Crippen MR) is 121 cm³/mol. The summed E-state index contributed by atoms with van der Waals surface area (Å²) in [5.74, 6) is 0.463. The van der Waals surface area contributed by atoms with Crippen LogP contribution in [0.5, 0.6) is 0 Å². The lowest BCUT2D eigenvalue weighted by Crippen LogP contribution is -2.44. The van der Waals surface area contributed by atoms with Crippen LogP contribution in [-0.4, -0.2) is 42.3 Å². The van der Waals surface area contributed by atoms with Crippen LogP contribution in [0.4, 0.5) is 0 Å². The maximum Gasteiger partial charge on any atom is 0.242 e. The zero-order valence-corrected chi connectivity index (χ0v) is 18.6. The van der Waals surface area contributed by atoms with Gasteiger partial charge >= 0.3 is 0 Å². The summed E-state index contributed by atoms with van der Waals surface area (Å²) < 4.78 is 0. The van der Waals surface area contributed by atoms with Crippen LogP contribution in [0.2, 0.25) is 0 Å². The molecule has 3 rings (SSSR count). The Morgan fingerprint density at radius 3 is 2.52 bits per heavy atom. The number of hydrogen-bond acceptors (Lipinski definition) is 3. The number of amides is 3. The number of carbonyl (C=O) groups is 3. The summed E-state index contributed by atoms with van der Waals surface area (Å²) in [7, 11) is 0. The van der Waals surface area contributed by atoms with E-state index < -0.39 is 0 Å². The Balaban J connectivity index is 1.63. The van der Waals surface area contributed by atoms with E-state index in [0.29, 0.717) is 25.4 Å². The van der Waals surface area contributed by atoms with Crippen molar-refractivity contribution in [2.24, 2.45) is 5.92 Å². The number of carbonyl (C=O) groups excluding carboxylic acids is 3. The average molecular weight is 428 g/mol. The molecule has 1 unspecified atom stereocenters. The molecule has 1 saturated carbocycles. The Labute approximate surface area is 186 Å². The molecule has 0 aromatic heterocycles. The summed E-state index contributed by atoms with van der Waals surface area (Å²) in [6.07, 6.45) is 10.6. The van der Waals surface area contributed by atoms with Crippen molar-refractivity contribution < 1.29 is 14.4 Å². The van der Waals surface area contributed by atoms with Crippen molar-refractivity contribution in [1.82, 2.24) is 15.5 Å². The van der Waals surface area contributed by atoms with Gasteiger partial charge in [-0.25, -0.2) is 0 Å². The van der Waals surface area contributed by atoms with Gasteiger partial charge in [-0.2, -0.15) is 0 Å². The normalized spacial score (nSPS) is 21.2. The number of rotatable bonds is 6. The van der Waals surface area contributed by atoms with Gasteiger partial charge in [-0.1, -0.05) is 68.9 Å². The molecule has 2 aliphatic rings. The van der Waals surface area contributed by atoms with E-state index in [1.807, 2.05) is 30.3 Å². The molecule has 1 aliphatic carbocycles. The minimum Gasteiger partial charge on any atom is -0.356 e. The molecule has 3 amide bonds. The first-order valence-corrected chi connectivity index (χ1v) is 12.0. The Bertz CT molecular complexity index is 716. The van der Waals surface area contributed by atoms with Crippen molar-refractivity contribution >= 4 is 17.7 Å². The van der Waals surface area contributed by atoms with Gasteiger partial charge in [0, 0.05) is 19.5 Å². The first kappa shape index (κ1) is 23.3. The van der Waals surface area contributed by atoms with Crippen molar-refractivity contribution in [3.8, 4) is 0 Å². The van der Waals surface area contributed by atoms with Crippen molar-refractivity contribution in [2.45, 2.75) is 76.7 Å². The van der Waals surface area contributed by atoms with Gasteiger partial charge in [-0.3, -0.25) is 14.4 Å². The van der Waals surface area contributed by atoms with Gasteiger partial charge in [-0.05, 0) is 30.7 Å². The summed E-state index contributed by atoms with van der Waals surface area (Å²) in [5, 5.41) is 5.82. The fraction of sp³-hybridized carbons (Fsp3) is 0.640. The third-order valence-corrected chi connectivity index (χ3v) is 6.60. The van der Waals surface area contributed by atoms with Gasteiger partial charge in [0.25, 0.3) is 0 Å². The SMILES string of the molecule is O=C(CCC1CCCC1)NCC(=O)N1CCCCCCNC(=O)CC1c1ccccc1. The zero-order valence-electron chi connectivity index (χ0n) is 18.6. The second kappa shape index (κ2) is 12.5. The molecule has 6 heteroatoms. The molecule has 31 heavy (non-hydrogen) atoms. The van der Waals surface area contributed by atoms with E-state index in [2.05, 4.69) is 10.6 Å². The average Bonchev–Trinajstić information content (AvgIpc) is 3.29. The third-order valence-electron chi connectivity index (χ3n) is 6.60. The molecule has 1 heterocycles. The zero-order chi connectivity index (χ0) is 21.9. The van der Waals surface area contributed by atoms with Gasteiger partial charge in [-0.15, -0.1) is 0 Å². The molecule has 1 aliphatic heterocycles. The summed E-state index contributed by atoms with van der Waals surface area (Å²) in [6.45, 7) is 1.28. The van der Waals surface area contributed by atoms with Gasteiger partial charge in [0.15, 0.2) is 0 Å². The highest BCUT2D eigenvalue weighted by Crippen LogP contribution is 2.28. The standard InChI is InChI=1S/C25H37N3O3/c29-23(15-14-20-10-6-7-11-20)27-19-25(31)28-17-9-2-1-8-16-26-24(30)18-22(28)21-12-4-3-5-13-21/h3-5,12-13,20,22H,1-2,6-11,14-19H2,(H,26,30)(H,27,29). The molecule has 1 atom stereocenters. The van der Waals surface area contributed by atoms with E-state index >= 15 is 0 Å². The molecular formula is C25H37N3O3. The van der Waals surface area contributed by atoms with Gasteiger partial charge in [0.05, 0.1) is 19.0 Å². The third kappa shape index (κ3) is 7.67. The molecule has 0 bridgehead atoms. The predicted octanol–water partition coefficient (Wildman–Crippen LogP) is 3.72. The highest BCUT2D eigenvalue weighted by Gasteiger charge is 2.27. The molecule has 1 aromatic carbocycles. The van der Waals surface area contributed by atoms with Crippen LogP contribution in [0.1, 0.15) is 82.2 Å². The Morgan fingerprint density at radius 1 is 1.00 bits per heavy atom. The Hall–Kier alpha value is -2.37. The van der Waals surface area contributed by atoms with Crippen molar-refractivity contribution in [3.63, 3.8) is 0 Å². The number of benzene rings is 1. The minimum atomic E-state index is -0.317. The number of nitrogens with one attached hydrogen (secondary N) is 2. The second-order valence-corrected chi connectivity index (χ2v) is 8.95. The highest BCUT2D eigenvalue weighted by molar-refractivity contribution is 5.85. The van der Waals surface area contributed by atoms with E-state index in [1.165, 1.54) is 25.7 Å². The van der Waals surface area contributed by atoms with Crippen molar-refractivity contribution in [1.29, 1.82) is 0 Å². The summed E-state index contributed by atoms with van der Waals surface area (Å²) >= 11 is 0. The van der Waals surface area contributed by atoms with Gasteiger partial charge < -0.3 is 15.5 Å². The van der Waals surface area contributed by atoms with E-state index in [4.69, 9.17) is 0 Å². The molecule has 2 N–H and O–H groups in total. The van der Waals surface area contributed by atoms with Gasteiger partial charge in [0.2, 0.25) is 17.7 Å². The van der Waals surface area contributed by atoms with Crippen LogP contribution < -0.4 is 10.6 Å². The van der Waals surface area contributed by atoms with Crippen molar-refractivity contribution in [2.75, 3.05) is 19.6 Å². The van der Waals surface area contributed by atoms with E-state index in [9.17, 15) is 14.4 Å². The first-order valence-electron chi connectivity index (χ1n) is 12.0. The molecule has 6 nitrogen and oxygen atoms in total. The number of hydrogen-bond donors (Lipinski definition) is 2. The van der Waals surface area contributed by atoms with E-state index in [0.717, 1.165) is 37.7 Å². The van der Waals surface area contributed by atoms with Gasteiger partial charge in [0.1, 0.15) is 0 Å². The summed E-state index contributed by atoms with van der Waals surface area (Å²) in [6, 6.07) is 9.43. The summed E-state index contributed by atoms with van der Waals surface area (Å²) in [4.78, 5) is 39.8. The maximum atomic E-state index is 13.2. The van der Waals surface area contributed by atoms with Crippen LogP contribution >= 0.6 is 0 Å². The van der Waals surface area contributed by atoms with Crippen LogP contribution in [0.15, 0.2) is 30.3 Å². The minimum absolute atomic E-state index is 0.00550. The Morgan fingerprint density at radius 2 is 1.74 bits per heavy atom. The quantitative estimate of drug-likeness (QED) is 0.726. The first-order chi connectivity index (χ1) is 15.1. The van der Waals surface area contributed by atoms with E-state index in [1.54, 1.807) is 4.90 Å². The largest absolute Gasteiger partial charge is 0.356 e. The lowest BCUT2D eigenvalue weighted by atomic mass is 10.0. The monoisotopic (exact) mass is 427 g/mol. The molecule has 1 aromatic rings. The maximum absolute atomic E-state index is 13.2. The lowest BCUT2D eigenvalue weighted by Gasteiger charge is -2.32. The van der Waals surface area contributed by atoms with Crippen LogP contribution in [0, 0.1) is 5.92 Å². The number of nitrogens with zero attached hydrogens (tertiary/aromatic N) is 1. The molecule has 2 fully saturated rings. The lowest BCUT2D eigenvalue weighted by molar-refractivity contribution is -0.136. The smallest absolute Gasteiger partial charge is 0.242 e. The topological polar surface area (TPSA) is 78.5 Å². The second-order valence-electron chi connectivity index (χ2n) is 8.95. The highest BCUT2D eigenvalue weighted by atomic mass is 16.2. The van der Waals surface area contributed by atoms with Crippen LogP contribution in [-0.2, 0) is 14.4 Å². The Kier molecular flexibility index (Phi) is 9.38. The van der Waals surface area contributed by atoms with Crippen LogP contribution in [0.25, 0.3) is 0 Å². The molecule has 0 radical (unpaired) electrons. The molecule has 170 valence electrons. The molecule has 1 saturated heterocycles. The summed E-state index contributed by atoms with van der Waals surface area (Å²) in [5.41, 5.74) is 0.956. The fourth-order valence-corrected chi connectivity index (χ4v) is 4.77. The molecule has 0 spiro atoms. The van der Waals surface area contributed by atoms with Crippen molar-refractivity contribution in [3.05, 3.63) is 35.9 Å². The molecular weight excluding hydrogens is 390 g/mol. The van der Waals surface area contributed by atoms with Crippen LogP contribution in [0.3, 0.4) is 0 Å². The fourth-order valence-electron chi connectivity index (χ4n) is 4.77.